The largest absolute Gasteiger partial charge is 0.478 e. The van der Waals surface area contributed by atoms with Crippen molar-refractivity contribution in [2.45, 2.75) is 25.7 Å². The smallest absolute Gasteiger partial charge is 0.335 e. The molecular formula is C21H21ClO2. The van der Waals surface area contributed by atoms with Gasteiger partial charge in [-0.05, 0) is 53.8 Å². The maximum atomic E-state index is 11.1. The van der Waals surface area contributed by atoms with Crippen molar-refractivity contribution >= 4 is 23.1 Å². The molecular weight excluding hydrogens is 320 g/mol. The molecule has 1 N–H and O–H groups in total. The van der Waals surface area contributed by atoms with E-state index in [1.54, 1.807) is 12.1 Å². The quantitative estimate of drug-likeness (QED) is 0.610. The third-order valence-electron chi connectivity index (χ3n) is 3.94. The van der Waals surface area contributed by atoms with Crippen LogP contribution in [-0.4, -0.2) is 11.1 Å². The highest BCUT2D eigenvalue weighted by Crippen LogP contribution is 2.36. The zero-order valence-corrected chi connectivity index (χ0v) is 14.5. The summed E-state index contributed by atoms with van der Waals surface area (Å²) in [5, 5.41) is 9.79. The first-order chi connectivity index (χ1) is 11.6. The van der Waals surface area contributed by atoms with Crippen LogP contribution in [0, 0.1) is 0 Å². The van der Waals surface area contributed by atoms with Gasteiger partial charge in [0.05, 0.1) is 5.56 Å². The molecule has 0 aliphatic carbocycles. The topological polar surface area (TPSA) is 37.3 Å². The number of benzene rings is 2. The molecule has 0 saturated carbocycles. The van der Waals surface area contributed by atoms with E-state index in [1.807, 2.05) is 42.5 Å². The zero-order chi connectivity index (χ0) is 17.5. The highest BCUT2D eigenvalue weighted by molar-refractivity contribution is 6.30. The maximum absolute atomic E-state index is 11.1. The van der Waals surface area contributed by atoms with Crippen molar-refractivity contribution in [1.29, 1.82) is 0 Å². The molecule has 0 heterocycles. The van der Waals surface area contributed by atoms with Crippen LogP contribution in [0.1, 0.15) is 47.2 Å². The molecule has 0 aliphatic rings. The zero-order valence-electron chi connectivity index (χ0n) is 13.7. The van der Waals surface area contributed by atoms with Gasteiger partial charge < -0.3 is 5.11 Å². The molecule has 0 spiro atoms. The highest BCUT2D eigenvalue weighted by Gasteiger charge is 2.17. The summed E-state index contributed by atoms with van der Waals surface area (Å²) in [6.45, 7) is 5.98. The second-order valence-electron chi connectivity index (χ2n) is 5.58. The van der Waals surface area contributed by atoms with Crippen LogP contribution in [0.4, 0.5) is 0 Å². The molecule has 0 aliphatic heterocycles. The first-order valence-corrected chi connectivity index (χ1v) is 8.34. The SMILES string of the molecule is C=CC[C@@H](/C(=C/CC)c1ccc(C(=O)O)cc1)c1ccc(Cl)cc1. The van der Waals surface area contributed by atoms with Gasteiger partial charge in [-0.25, -0.2) is 4.79 Å². The summed E-state index contributed by atoms with van der Waals surface area (Å²) in [7, 11) is 0. The fourth-order valence-electron chi connectivity index (χ4n) is 2.79. The molecule has 0 fully saturated rings. The number of carbonyl (C=O) groups is 1. The Balaban J connectivity index is 2.45. The Bertz CT molecular complexity index is 727. The van der Waals surface area contributed by atoms with Gasteiger partial charge in [0.2, 0.25) is 0 Å². The summed E-state index contributed by atoms with van der Waals surface area (Å²) in [6.07, 6.45) is 5.80. The molecule has 0 amide bonds. The summed E-state index contributed by atoms with van der Waals surface area (Å²) < 4.78 is 0. The molecule has 0 radical (unpaired) electrons. The van der Waals surface area contributed by atoms with Crippen LogP contribution in [0.15, 0.2) is 67.3 Å². The van der Waals surface area contributed by atoms with E-state index < -0.39 is 5.97 Å². The van der Waals surface area contributed by atoms with E-state index in [1.165, 1.54) is 11.1 Å². The molecule has 0 unspecified atom stereocenters. The van der Waals surface area contributed by atoms with Crippen molar-refractivity contribution in [3.63, 3.8) is 0 Å². The molecule has 2 aromatic carbocycles. The average Bonchev–Trinajstić information content (AvgIpc) is 2.59. The number of carboxylic acids is 1. The first-order valence-electron chi connectivity index (χ1n) is 7.97. The number of aromatic carboxylic acids is 1. The van der Waals surface area contributed by atoms with Gasteiger partial charge in [0.1, 0.15) is 0 Å². The highest BCUT2D eigenvalue weighted by atomic mass is 35.5. The number of hydrogen-bond acceptors (Lipinski definition) is 1. The molecule has 2 rings (SSSR count). The fraction of sp³-hybridized carbons (Fsp3) is 0.190. The van der Waals surface area contributed by atoms with E-state index in [4.69, 9.17) is 16.7 Å². The molecule has 1 atom stereocenters. The van der Waals surface area contributed by atoms with E-state index in [-0.39, 0.29) is 5.92 Å². The molecule has 3 heteroatoms. The number of rotatable bonds is 7. The third-order valence-corrected chi connectivity index (χ3v) is 4.19. The molecule has 0 aromatic heterocycles. The lowest BCUT2D eigenvalue weighted by Gasteiger charge is -2.21. The lowest BCUT2D eigenvalue weighted by Crippen LogP contribution is -2.03. The average molecular weight is 341 g/mol. The predicted molar refractivity (Wildman–Crippen MR) is 101 cm³/mol. The first kappa shape index (κ1) is 18.0. The lowest BCUT2D eigenvalue weighted by molar-refractivity contribution is 0.0697. The van der Waals surface area contributed by atoms with Gasteiger partial charge in [-0.3, -0.25) is 0 Å². The van der Waals surface area contributed by atoms with Gasteiger partial charge in [-0.15, -0.1) is 6.58 Å². The van der Waals surface area contributed by atoms with Crippen molar-refractivity contribution in [3.05, 3.63) is 89.0 Å². The van der Waals surface area contributed by atoms with Crippen molar-refractivity contribution in [1.82, 2.24) is 0 Å². The Kier molecular flexibility index (Phi) is 6.39. The Morgan fingerprint density at radius 3 is 2.21 bits per heavy atom. The van der Waals surface area contributed by atoms with Crippen LogP contribution in [0.25, 0.3) is 5.57 Å². The Labute approximate surface area is 148 Å². The minimum absolute atomic E-state index is 0.162. The number of hydrogen-bond donors (Lipinski definition) is 1. The van der Waals surface area contributed by atoms with Crippen molar-refractivity contribution in [2.75, 3.05) is 0 Å². The van der Waals surface area contributed by atoms with Crippen molar-refractivity contribution in [2.24, 2.45) is 0 Å². The minimum Gasteiger partial charge on any atom is -0.478 e. The van der Waals surface area contributed by atoms with Gasteiger partial charge in [0.25, 0.3) is 0 Å². The molecule has 0 bridgehead atoms. The van der Waals surface area contributed by atoms with E-state index in [2.05, 4.69) is 19.6 Å². The molecule has 0 saturated heterocycles. The van der Waals surface area contributed by atoms with Crippen LogP contribution < -0.4 is 0 Å². The van der Waals surface area contributed by atoms with Crippen LogP contribution in [0.2, 0.25) is 5.02 Å². The number of allylic oxidation sites excluding steroid dienone is 3. The van der Waals surface area contributed by atoms with Crippen LogP contribution in [0.5, 0.6) is 0 Å². The Hall–Kier alpha value is -2.32. The summed E-state index contributed by atoms with van der Waals surface area (Å²) in [6, 6.07) is 14.9. The van der Waals surface area contributed by atoms with E-state index in [9.17, 15) is 4.79 Å². The number of halogens is 1. The van der Waals surface area contributed by atoms with Crippen LogP contribution in [0.3, 0.4) is 0 Å². The van der Waals surface area contributed by atoms with Crippen molar-refractivity contribution in [3.8, 4) is 0 Å². The standard InChI is InChI=1S/C21H21ClO2/c1-3-5-19(15-7-9-17(10-8-15)21(23)24)20(6-4-2)16-11-13-18(22)14-12-16/h4-5,7-14,20H,2-3,6H2,1H3,(H,23,24)/b19-5+/t20-/m1/s1. The molecule has 24 heavy (non-hydrogen) atoms. The monoisotopic (exact) mass is 340 g/mol. The second-order valence-corrected chi connectivity index (χ2v) is 6.02. The fourth-order valence-corrected chi connectivity index (χ4v) is 2.92. The van der Waals surface area contributed by atoms with Gasteiger partial charge in [0, 0.05) is 10.9 Å². The Morgan fingerprint density at radius 2 is 1.71 bits per heavy atom. The third kappa shape index (κ3) is 4.36. The minimum atomic E-state index is -0.914. The molecule has 2 nitrogen and oxygen atoms in total. The van der Waals surface area contributed by atoms with Gasteiger partial charge in [-0.2, -0.15) is 0 Å². The van der Waals surface area contributed by atoms with E-state index >= 15 is 0 Å². The van der Waals surface area contributed by atoms with E-state index in [0.717, 1.165) is 18.4 Å². The van der Waals surface area contributed by atoms with Gasteiger partial charge >= 0.3 is 5.97 Å². The predicted octanol–water partition coefficient (Wildman–Crippen LogP) is 6.19. The maximum Gasteiger partial charge on any atom is 0.335 e. The summed E-state index contributed by atoms with van der Waals surface area (Å²) in [4.78, 5) is 11.1. The van der Waals surface area contributed by atoms with Crippen LogP contribution >= 0.6 is 11.6 Å². The molecule has 2 aromatic rings. The normalized spacial score (nSPS) is 12.7. The second kappa shape index (κ2) is 8.51. The van der Waals surface area contributed by atoms with Crippen LogP contribution in [-0.2, 0) is 0 Å². The molecule has 124 valence electrons. The van der Waals surface area contributed by atoms with E-state index in [0.29, 0.717) is 10.6 Å². The summed E-state index contributed by atoms with van der Waals surface area (Å²) in [5.74, 6) is -0.752. The summed E-state index contributed by atoms with van der Waals surface area (Å²) in [5.41, 5.74) is 3.67. The van der Waals surface area contributed by atoms with Gasteiger partial charge in [0.15, 0.2) is 0 Å². The van der Waals surface area contributed by atoms with Crippen molar-refractivity contribution < 1.29 is 9.90 Å². The number of carboxylic acid groups (broad SMARTS) is 1. The van der Waals surface area contributed by atoms with Gasteiger partial charge in [-0.1, -0.05) is 54.9 Å². The Morgan fingerprint density at radius 1 is 1.12 bits per heavy atom. The lowest BCUT2D eigenvalue weighted by atomic mass is 9.83. The summed E-state index contributed by atoms with van der Waals surface area (Å²) >= 11 is 6.01.